The number of rotatable bonds is 3. The molecular weight excluding hydrogens is 180 g/mol. The van der Waals surface area contributed by atoms with Crippen molar-refractivity contribution < 1.29 is 13.0 Å². The molecule has 0 saturated heterocycles. The molecule has 0 spiro atoms. The minimum absolute atomic E-state index is 0.334. The Kier molecular flexibility index (Phi) is 3.95. The lowest BCUT2D eigenvalue weighted by Crippen LogP contribution is -2.16. The van der Waals surface area contributed by atoms with E-state index >= 15 is 0 Å². The molecule has 0 amide bonds. The zero-order valence-corrected chi connectivity index (χ0v) is 7.16. The van der Waals surface area contributed by atoms with E-state index in [2.05, 4.69) is 25.3 Å². The fourth-order valence-electron chi connectivity index (χ4n) is 0.296. The van der Waals surface area contributed by atoms with E-state index in [1.165, 1.54) is 0 Å². The van der Waals surface area contributed by atoms with Gasteiger partial charge in [0.15, 0.2) is 0 Å². The summed E-state index contributed by atoms with van der Waals surface area (Å²) < 4.78 is 28.4. The standard InChI is InChI=1S/C3H8O3S3/c4-9(5,6)2-3(8)1-7/h3,7-8H,1-2H2,(H,4,5,6)/t3-/m0/s1. The number of hydrogen-bond donors (Lipinski definition) is 3. The number of hydrogen-bond acceptors (Lipinski definition) is 4. The topological polar surface area (TPSA) is 54.4 Å². The van der Waals surface area contributed by atoms with Crippen LogP contribution in [0.5, 0.6) is 0 Å². The van der Waals surface area contributed by atoms with Gasteiger partial charge in [0.1, 0.15) is 0 Å². The first kappa shape index (κ1) is 9.61. The molecule has 0 aliphatic rings. The summed E-state index contributed by atoms with van der Waals surface area (Å²) >= 11 is 7.58. The summed E-state index contributed by atoms with van der Waals surface area (Å²) in [6.45, 7) is 0. The maximum absolute atomic E-state index is 10.1. The Bertz CT molecular complexity index is 161. The van der Waals surface area contributed by atoms with Crippen LogP contribution in [0.3, 0.4) is 0 Å². The Morgan fingerprint density at radius 2 is 2.00 bits per heavy atom. The Balaban J connectivity index is 3.75. The highest BCUT2D eigenvalue weighted by molar-refractivity contribution is 7.89. The quantitative estimate of drug-likeness (QED) is 0.435. The average Bonchev–Trinajstić information content (AvgIpc) is 1.62. The molecule has 0 unspecified atom stereocenters. The lowest BCUT2D eigenvalue weighted by atomic mass is 10.6. The van der Waals surface area contributed by atoms with E-state index in [0.29, 0.717) is 5.75 Å². The summed E-state index contributed by atoms with van der Waals surface area (Å²) in [5.74, 6) is 0.00249. The Labute approximate surface area is 65.4 Å². The van der Waals surface area contributed by atoms with E-state index in [0.717, 1.165) is 0 Å². The first-order valence-electron chi connectivity index (χ1n) is 2.20. The molecule has 0 aliphatic heterocycles. The molecule has 56 valence electrons. The van der Waals surface area contributed by atoms with Gasteiger partial charge >= 0.3 is 0 Å². The van der Waals surface area contributed by atoms with Gasteiger partial charge in [0.2, 0.25) is 0 Å². The molecule has 0 saturated carbocycles. The van der Waals surface area contributed by atoms with Crippen molar-refractivity contribution in [3.63, 3.8) is 0 Å². The highest BCUT2D eigenvalue weighted by Crippen LogP contribution is 2.00. The zero-order valence-electron chi connectivity index (χ0n) is 4.56. The van der Waals surface area contributed by atoms with Crippen molar-refractivity contribution in [3.8, 4) is 0 Å². The van der Waals surface area contributed by atoms with Gasteiger partial charge < -0.3 is 0 Å². The van der Waals surface area contributed by atoms with Crippen molar-refractivity contribution >= 4 is 35.4 Å². The van der Waals surface area contributed by atoms with Crippen LogP contribution in [-0.4, -0.2) is 29.7 Å². The molecule has 0 radical (unpaired) electrons. The SMILES string of the molecule is O=S(=O)(O)C[C@@H](S)CS. The largest absolute Gasteiger partial charge is 0.286 e. The van der Waals surface area contributed by atoms with E-state index in [1.807, 2.05) is 0 Å². The molecule has 0 rings (SSSR count). The van der Waals surface area contributed by atoms with E-state index in [-0.39, 0.29) is 11.0 Å². The summed E-state index contributed by atoms with van der Waals surface area (Å²) in [5, 5.41) is -0.386. The van der Waals surface area contributed by atoms with Crippen LogP contribution in [-0.2, 0) is 10.1 Å². The molecule has 0 aliphatic carbocycles. The second-order valence-corrected chi connectivity index (χ2v) is 4.18. The Morgan fingerprint density at radius 3 is 2.11 bits per heavy atom. The van der Waals surface area contributed by atoms with Gasteiger partial charge in [-0.3, -0.25) is 4.55 Å². The van der Waals surface area contributed by atoms with Crippen LogP contribution < -0.4 is 0 Å². The second-order valence-electron chi connectivity index (χ2n) is 1.58. The number of thiol groups is 2. The minimum Gasteiger partial charge on any atom is -0.286 e. The summed E-state index contributed by atoms with van der Waals surface area (Å²) in [7, 11) is -3.86. The van der Waals surface area contributed by atoms with Crippen LogP contribution in [0, 0.1) is 0 Å². The zero-order chi connectivity index (χ0) is 7.49. The summed E-state index contributed by atoms with van der Waals surface area (Å²) in [6.07, 6.45) is 0. The lowest BCUT2D eigenvalue weighted by Gasteiger charge is -2.01. The molecule has 0 heterocycles. The molecule has 0 fully saturated rings. The monoisotopic (exact) mass is 188 g/mol. The van der Waals surface area contributed by atoms with Gasteiger partial charge in [0.25, 0.3) is 10.1 Å². The van der Waals surface area contributed by atoms with Gasteiger partial charge in [-0.15, -0.1) is 0 Å². The minimum atomic E-state index is -3.86. The van der Waals surface area contributed by atoms with Gasteiger partial charge in [-0.1, -0.05) is 0 Å². The van der Waals surface area contributed by atoms with Crippen molar-refractivity contribution in [2.45, 2.75) is 5.25 Å². The van der Waals surface area contributed by atoms with Crippen molar-refractivity contribution in [3.05, 3.63) is 0 Å². The maximum atomic E-state index is 10.1. The first-order chi connectivity index (χ1) is 3.95. The van der Waals surface area contributed by atoms with Crippen molar-refractivity contribution in [2.24, 2.45) is 0 Å². The molecule has 6 heteroatoms. The fourth-order valence-corrected chi connectivity index (χ4v) is 1.77. The van der Waals surface area contributed by atoms with Crippen molar-refractivity contribution in [2.75, 3.05) is 11.5 Å². The Hall–Kier alpha value is 0.610. The highest BCUT2D eigenvalue weighted by Gasteiger charge is 2.10. The predicted octanol–water partition coefficient (Wildman–Crippen LogP) is 0.102. The third-order valence-corrected chi connectivity index (χ3v) is 2.78. The van der Waals surface area contributed by atoms with E-state index in [4.69, 9.17) is 4.55 Å². The van der Waals surface area contributed by atoms with E-state index in [1.54, 1.807) is 0 Å². The van der Waals surface area contributed by atoms with Gasteiger partial charge in [0.05, 0.1) is 5.75 Å². The fraction of sp³-hybridized carbons (Fsp3) is 1.00. The van der Waals surface area contributed by atoms with Crippen molar-refractivity contribution in [1.82, 2.24) is 0 Å². The molecule has 0 aromatic carbocycles. The average molecular weight is 188 g/mol. The van der Waals surface area contributed by atoms with Gasteiger partial charge in [-0.2, -0.15) is 33.7 Å². The third kappa shape index (κ3) is 6.50. The van der Waals surface area contributed by atoms with Crippen LogP contribution >= 0.6 is 25.3 Å². The third-order valence-electron chi connectivity index (χ3n) is 0.614. The molecule has 0 aromatic heterocycles. The van der Waals surface area contributed by atoms with Gasteiger partial charge in [-0.05, 0) is 0 Å². The molecule has 0 bridgehead atoms. The second kappa shape index (κ2) is 3.70. The van der Waals surface area contributed by atoms with Crippen LogP contribution in [0.4, 0.5) is 0 Å². The lowest BCUT2D eigenvalue weighted by molar-refractivity contribution is 0.483. The molecule has 1 N–H and O–H groups in total. The molecule has 0 aromatic rings. The molecule has 9 heavy (non-hydrogen) atoms. The maximum Gasteiger partial charge on any atom is 0.265 e. The van der Waals surface area contributed by atoms with Crippen LogP contribution in [0.2, 0.25) is 0 Å². The highest BCUT2D eigenvalue weighted by atomic mass is 32.2. The normalized spacial score (nSPS) is 15.4. The molecule has 3 nitrogen and oxygen atoms in total. The van der Waals surface area contributed by atoms with Crippen LogP contribution in [0.1, 0.15) is 0 Å². The molecular formula is C3H8O3S3. The molecule has 1 atom stereocenters. The first-order valence-corrected chi connectivity index (χ1v) is 4.95. The Morgan fingerprint density at radius 1 is 1.56 bits per heavy atom. The van der Waals surface area contributed by atoms with E-state index < -0.39 is 10.1 Å². The van der Waals surface area contributed by atoms with Crippen LogP contribution in [0.25, 0.3) is 0 Å². The summed E-state index contributed by atoms with van der Waals surface area (Å²) in [6, 6.07) is 0. The summed E-state index contributed by atoms with van der Waals surface area (Å²) in [5.41, 5.74) is 0. The van der Waals surface area contributed by atoms with Crippen molar-refractivity contribution in [1.29, 1.82) is 0 Å². The summed E-state index contributed by atoms with van der Waals surface area (Å²) in [4.78, 5) is 0. The predicted molar refractivity (Wildman–Crippen MR) is 43.0 cm³/mol. The smallest absolute Gasteiger partial charge is 0.265 e. The van der Waals surface area contributed by atoms with Crippen LogP contribution in [0.15, 0.2) is 0 Å². The van der Waals surface area contributed by atoms with E-state index in [9.17, 15) is 8.42 Å². The van der Waals surface area contributed by atoms with Gasteiger partial charge in [0, 0.05) is 11.0 Å². The van der Waals surface area contributed by atoms with Gasteiger partial charge in [-0.25, -0.2) is 0 Å².